The van der Waals surface area contributed by atoms with Crippen LogP contribution in [-0.4, -0.2) is 22.3 Å². The van der Waals surface area contributed by atoms with E-state index in [0.29, 0.717) is 5.69 Å². The third-order valence-corrected chi connectivity index (χ3v) is 6.03. The van der Waals surface area contributed by atoms with Gasteiger partial charge in [-0.05, 0) is 59.9 Å². The Hall–Kier alpha value is -3.25. The van der Waals surface area contributed by atoms with E-state index in [-0.39, 0.29) is 5.91 Å². The molecule has 5 rings (SSSR count). The maximum atomic E-state index is 12.4. The molecular formula is C22H18N4OS. The number of thiophene rings is 1. The number of nitrogens with one attached hydrogen (secondary N) is 2. The quantitative estimate of drug-likeness (QED) is 0.401. The maximum absolute atomic E-state index is 12.4. The Morgan fingerprint density at radius 1 is 1.18 bits per heavy atom. The molecule has 0 saturated carbocycles. The van der Waals surface area contributed by atoms with Gasteiger partial charge in [0.1, 0.15) is 5.69 Å². The smallest absolute Gasteiger partial charge is 0.272 e. The molecule has 0 atom stereocenters. The first kappa shape index (κ1) is 16.9. The maximum Gasteiger partial charge on any atom is 0.289 e. The number of hydrogen-bond donors (Lipinski definition) is 2. The van der Waals surface area contributed by atoms with E-state index in [2.05, 4.69) is 51.1 Å². The average Bonchev–Trinajstić information content (AvgIpc) is 3.43. The molecule has 2 N–H and O–H groups in total. The predicted molar refractivity (Wildman–Crippen MR) is 113 cm³/mol. The first-order valence-corrected chi connectivity index (χ1v) is 10.00. The molecule has 2 heterocycles. The normalized spacial score (nSPS) is 12.9. The van der Waals surface area contributed by atoms with Gasteiger partial charge in [-0.25, -0.2) is 5.43 Å². The molecule has 2 aromatic carbocycles. The summed E-state index contributed by atoms with van der Waals surface area (Å²) in [6.07, 6.45) is 3.83. The number of amides is 1. The van der Waals surface area contributed by atoms with Crippen molar-refractivity contribution in [1.29, 1.82) is 0 Å². The number of benzene rings is 2. The SMILES string of the molecule is Cc1ccc(C=NNC(=O)c2cc(-c3ccc4c5c(cccc35)CC4)n[nH]2)s1. The number of aryl methyl sites for hydroxylation is 3. The summed E-state index contributed by atoms with van der Waals surface area (Å²) in [7, 11) is 0. The second kappa shape index (κ2) is 6.73. The standard InChI is InChI=1S/C22H18N4OS/c1-13-5-9-16(28-13)12-23-26-22(27)20-11-19(24-25-20)17-10-8-15-7-6-14-3-2-4-18(17)21(14)15/h2-5,8-12H,6-7H2,1H3,(H,24,25)(H,26,27). The Bertz CT molecular complexity index is 1220. The van der Waals surface area contributed by atoms with Gasteiger partial charge in [-0.15, -0.1) is 11.3 Å². The summed E-state index contributed by atoms with van der Waals surface area (Å²) in [5.74, 6) is -0.311. The Labute approximate surface area is 166 Å². The van der Waals surface area contributed by atoms with Crippen LogP contribution in [0.1, 0.15) is 31.4 Å². The molecule has 28 heavy (non-hydrogen) atoms. The highest BCUT2D eigenvalue weighted by Gasteiger charge is 2.18. The third kappa shape index (κ3) is 2.92. The van der Waals surface area contributed by atoms with Gasteiger partial charge in [0.15, 0.2) is 0 Å². The van der Waals surface area contributed by atoms with Gasteiger partial charge in [-0.2, -0.15) is 10.2 Å². The third-order valence-electron chi connectivity index (χ3n) is 5.09. The number of hydrogen-bond acceptors (Lipinski definition) is 4. The number of carbonyl (C=O) groups excluding carboxylic acids is 1. The Balaban J connectivity index is 1.40. The minimum atomic E-state index is -0.311. The molecular weight excluding hydrogens is 368 g/mol. The topological polar surface area (TPSA) is 70.1 Å². The van der Waals surface area contributed by atoms with Crippen LogP contribution in [0.4, 0.5) is 0 Å². The first-order chi connectivity index (χ1) is 13.7. The van der Waals surface area contributed by atoms with Crippen LogP contribution in [0, 0.1) is 6.92 Å². The van der Waals surface area contributed by atoms with Gasteiger partial charge in [0.25, 0.3) is 5.91 Å². The van der Waals surface area contributed by atoms with Crippen LogP contribution < -0.4 is 5.43 Å². The fraction of sp³-hybridized carbons (Fsp3) is 0.136. The molecule has 1 aliphatic carbocycles. The number of H-pyrrole nitrogens is 1. The van der Waals surface area contributed by atoms with Gasteiger partial charge < -0.3 is 0 Å². The van der Waals surface area contributed by atoms with Crippen LogP contribution >= 0.6 is 11.3 Å². The van der Waals surface area contributed by atoms with Crippen LogP contribution in [-0.2, 0) is 12.8 Å². The number of aromatic amines is 1. The van der Waals surface area contributed by atoms with Gasteiger partial charge in [0.05, 0.1) is 11.9 Å². The lowest BCUT2D eigenvalue weighted by Crippen LogP contribution is -2.17. The van der Waals surface area contributed by atoms with Crippen molar-refractivity contribution in [3.8, 4) is 11.3 Å². The molecule has 1 amide bonds. The van der Waals surface area contributed by atoms with Crippen LogP contribution in [0.5, 0.6) is 0 Å². The molecule has 0 fully saturated rings. The van der Waals surface area contributed by atoms with Gasteiger partial charge in [0, 0.05) is 15.3 Å². The predicted octanol–water partition coefficient (Wildman–Crippen LogP) is 4.46. The molecule has 0 spiro atoms. The Morgan fingerprint density at radius 3 is 2.86 bits per heavy atom. The molecule has 138 valence electrons. The molecule has 0 bridgehead atoms. The highest BCUT2D eigenvalue weighted by molar-refractivity contribution is 7.13. The van der Waals surface area contributed by atoms with Crippen LogP contribution in [0.3, 0.4) is 0 Å². The van der Waals surface area contributed by atoms with Crippen molar-refractivity contribution in [3.05, 3.63) is 75.1 Å². The van der Waals surface area contributed by atoms with E-state index in [9.17, 15) is 4.79 Å². The lowest BCUT2D eigenvalue weighted by atomic mass is 9.98. The fourth-order valence-corrected chi connectivity index (χ4v) is 4.53. The van der Waals surface area contributed by atoms with E-state index in [1.165, 1.54) is 26.8 Å². The van der Waals surface area contributed by atoms with E-state index in [0.717, 1.165) is 29.0 Å². The Kier molecular flexibility index (Phi) is 4.06. The zero-order chi connectivity index (χ0) is 19.1. The summed E-state index contributed by atoms with van der Waals surface area (Å²) in [6, 6.07) is 16.5. The zero-order valence-corrected chi connectivity index (χ0v) is 16.1. The minimum Gasteiger partial charge on any atom is -0.272 e. The molecule has 4 aromatic rings. The van der Waals surface area contributed by atoms with Crippen molar-refractivity contribution in [3.63, 3.8) is 0 Å². The number of carbonyl (C=O) groups is 1. The molecule has 6 heteroatoms. The highest BCUT2D eigenvalue weighted by Crippen LogP contribution is 2.36. The first-order valence-electron chi connectivity index (χ1n) is 9.18. The summed E-state index contributed by atoms with van der Waals surface area (Å²) in [6.45, 7) is 2.03. The summed E-state index contributed by atoms with van der Waals surface area (Å²) in [5, 5.41) is 13.8. The van der Waals surface area contributed by atoms with Crippen molar-refractivity contribution in [2.45, 2.75) is 19.8 Å². The van der Waals surface area contributed by atoms with Crippen LogP contribution in [0.2, 0.25) is 0 Å². The molecule has 0 aliphatic heterocycles. The highest BCUT2D eigenvalue weighted by atomic mass is 32.1. The van der Waals surface area contributed by atoms with Crippen molar-refractivity contribution < 1.29 is 4.79 Å². The minimum absolute atomic E-state index is 0.311. The van der Waals surface area contributed by atoms with E-state index in [1.807, 2.05) is 19.1 Å². The average molecular weight is 386 g/mol. The number of nitrogens with zero attached hydrogens (tertiary/aromatic N) is 2. The lowest BCUT2D eigenvalue weighted by Gasteiger charge is -2.06. The zero-order valence-electron chi connectivity index (χ0n) is 15.3. The van der Waals surface area contributed by atoms with Crippen LogP contribution in [0.15, 0.2) is 53.6 Å². The summed E-state index contributed by atoms with van der Waals surface area (Å²) in [5.41, 5.74) is 7.52. The van der Waals surface area contributed by atoms with Crippen molar-refractivity contribution in [2.75, 3.05) is 0 Å². The van der Waals surface area contributed by atoms with E-state index >= 15 is 0 Å². The second-order valence-electron chi connectivity index (χ2n) is 6.93. The lowest BCUT2D eigenvalue weighted by molar-refractivity contribution is 0.0950. The molecule has 2 aromatic heterocycles. The largest absolute Gasteiger partial charge is 0.289 e. The van der Waals surface area contributed by atoms with Gasteiger partial charge in [-0.3, -0.25) is 9.89 Å². The summed E-state index contributed by atoms with van der Waals surface area (Å²) in [4.78, 5) is 14.6. The van der Waals surface area contributed by atoms with E-state index < -0.39 is 0 Å². The number of hydrazone groups is 1. The van der Waals surface area contributed by atoms with E-state index in [1.54, 1.807) is 23.6 Å². The van der Waals surface area contributed by atoms with Crippen LogP contribution in [0.25, 0.3) is 22.0 Å². The van der Waals surface area contributed by atoms with Crippen molar-refractivity contribution in [2.24, 2.45) is 5.10 Å². The Morgan fingerprint density at radius 2 is 2.04 bits per heavy atom. The molecule has 0 saturated heterocycles. The second-order valence-corrected chi connectivity index (χ2v) is 8.25. The van der Waals surface area contributed by atoms with E-state index in [4.69, 9.17) is 0 Å². The van der Waals surface area contributed by atoms with Crippen molar-refractivity contribution in [1.82, 2.24) is 15.6 Å². The molecule has 1 aliphatic rings. The monoisotopic (exact) mass is 386 g/mol. The number of rotatable bonds is 4. The molecule has 0 unspecified atom stereocenters. The molecule has 0 radical (unpaired) electrons. The summed E-state index contributed by atoms with van der Waals surface area (Å²) < 4.78 is 0. The van der Waals surface area contributed by atoms with Gasteiger partial charge in [-0.1, -0.05) is 30.3 Å². The number of aromatic nitrogens is 2. The summed E-state index contributed by atoms with van der Waals surface area (Å²) >= 11 is 1.62. The van der Waals surface area contributed by atoms with Crippen molar-refractivity contribution >= 4 is 34.2 Å². The van der Waals surface area contributed by atoms with Gasteiger partial charge in [0.2, 0.25) is 0 Å². The fourth-order valence-electron chi connectivity index (χ4n) is 3.78. The molecule has 5 nitrogen and oxygen atoms in total. The van der Waals surface area contributed by atoms with Gasteiger partial charge >= 0.3 is 0 Å².